The van der Waals surface area contributed by atoms with Crippen molar-refractivity contribution in [2.45, 2.75) is 220 Å². The van der Waals surface area contributed by atoms with E-state index in [9.17, 15) is 0 Å². The summed E-state index contributed by atoms with van der Waals surface area (Å²) in [5.74, 6) is 1.67. The van der Waals surface area contributed by atoms with Gasteiger partial charge in [0.1, 0.15) is 0 Å². The first kappa shape index (κ1) is 47.8. The molecule has 0 bridgehead atoms. The van der Waals surface area contributed by atoms with Gasteiger partial charge in [0.25, 0.3) is 0 Å². The lowest BCUT2D eigenvalue weighted by molar-refractivity contribution is 0.0447. The lowest BCUT2D eigenvalue weighted by Gasteiger charge is -2.42. The van der Waals surface area contributed by atoms with Crippen molar-refractivity contribution in [1.82, 2.24) is 20.4 Å². The predicted molar refractivity (Wildman–Crippen MR) is 224 cm³/mol. The molecule has 0 spiro atoms. The number of nitrogens with zero attached hydrogens (tertiary/aromatic N) is 2. The third kappa shape index (κ3) is 25.7. The van der Waals surface area contributed by atoms with Crippen LogP contribution in [0.25, 0.3) is 0 Å². The minimum absolute atomic E-state index is 0.511. The van der Waals surface area contributed by atoms with Crippen molar-refractivity contribution in [2.24, 2.45) is 23.3 Å². The zero-order chi connectivity index (χ0) is 36.3. The maximum absolute atomic E-state index is 5.93. The number of hydrogen-bond acceptors (Lipinski definition) is 6. The van der Waals surface area contributed by atoms with Gasteiger partial charge in [-0.05, 0) is 89.4 Å². The van der Waals surface area contributed by atoms with Crippen molar-refractivity contribution >= 4 is 0 Å². The average Bonchev–Trinajstić information content (AvgIpc) is 3.14. The highest BCUT2D eigenvalue weighted by atomic mass is 15.4. The van der Waals surface area contributed by atoms with Gasteiger partial charge in [-0.2, -0.15) is 0 Å². The molecule has 0 aliphatic carbocycles. The molecular formula is C44H94N6. The molecule has 1 saturated heterocycles. The zero-order valence-electron chi connectivity index (χ0n) is 34.8. The summed E-state index contributed by atoms with van der Waals surface area (Å²) >= 11 is 0. The van der Waals surface area contributed by atoms with Gasteiger partial charge in [0, 0.05) is 26.2 Å². The van der Waals surface area contributed by atoms with Crippen LogP contribution in [0, 0.1) is 11.8 Å². The summed E-state index contributed by atoms with van der Waals surface area (Å²) in [7, 11) is 0. The van der Waals surface area contributed by atoms with Crippen molar-refractivity contribution < 1.29 is 0 Å². The SMILES string of the molecule is CCCCCCCCCCCC(CCCN)CCNC(CC)N1CCN(C(CC)NCCC(CCCN)CCCCCCCCCCC)CC1. The molecule has 6 heteroatoms. The Bertz CT molecular complexity index is 613. The third-order valence-corrected chi connectivity index (χ3v) is 11.9. The lowest BCUT2D eigenvalue weighted by Crippen LogP contribution is -2.58. The zero-order valence-corrected chi connectivity index (χ0v) is 34.8. The highest BCUT2D eigenvalue weighted by Gasteiger charge is 2.26. The van der Waals surface area contributed by atoms with Crippen LogP contribution in [0.15, 0.2) is 0 Å². The summed E-state index contributed by atoms with van der Waals surface area (Å²) in [4.78, 5) is 5.46. The van der Waals surface area contributed by atoms with E-state index in [0.29, 0.717) is 12.3 Å². The maximum Gasteiger partial charge on any atom is 0.0595 e. The highest BCUT2D eigenvalue weighted by molar-refractivity contribution is 4.81. The van der Waals surface area contributed by atoms with Crippen LogP contribution < -0.4 is 22.1 Å². The second-order valence-electron chi connectivity index (χ2n) is 16.2. The van der Waals surface area contributed by atoms with Crippen LogP contribution in [-0.2, 0) is 0 Å². The smallest absolute Gasteiger partial charge is 0.0595 e. The van der Waals surface area contributed by atoms with Gasteiger partial charge >= 0.3 is 0 Å². The van der Waals surface area contributed by atoms with Crippen molar-refractivity contribution in [2.75, 3.05) is 52.4 Å². The number of nitrogens with one attached hydrogen (secondary N) is 2. The fourth-order valence-corrected chi connectivity index (χ4v) is 8.50. The van der Waals surface area contributed by atoms with E-state index >= 15 is 0 Å². The minimum atomic E-state index is 0.511. The van der Waals surface area contributed by atoms with Gasteiger partial charge in [0.05, 0.1) is 12.3 Å². The Balaban J connectivity index is 2.34. The molecule has 0 aromatic heterocycles. The third-order valence-electron chi connectivity index (χ3n) is 11.9. The van der Waals surface area contributed by atoms with Crippen LogP contribution in [0.2, 0.25) is 0 Å². The lowest BCUT2D eigenvalue weighted by atomic mass is 9.92. The number of nitrogens with two attached hydrogens (primary N) is 2. The van der Waals surface area contributed by atoms with Gasteiger partial charge < -0.3 is 22.1 Å². The summed E-state index contributed by atoms with van der Waals surface area (Å²) in [6.07, 6.45) is 39.3. The number of rotatable bonds is 38. The van der Waals surface area contributed by atoms with E-state index in [1.54, 1.807) is 0 Å². The first-order valence-corrected chi connectivity index (χ1v) is 23.0. The first-order chi connectivity index (χ1) is 24.6. The Kier molecular flexibility index (Phi) is 34.2. The van der Waals surface area contributed by atoms with Crippen molar-refractivity contribution in [3.63, 3.8) is 0 Å². The van der Waals surface area contributed by atoms with Crippen LogP contribution in [0.4, 0.5) is 0 Å². The Morgan fingerprint density at radius 1 is 0.400 bits per heavy atom. The molecule has 0 aromatic rings. The topological polar surface area (TPSA) is 82.6 Å². The Morgan fingerprint density at radius 2 is 0.700 bits per heavy atom. The van der Waals surface area contributed by atoms with Crippen LogP contribution in [0.3, 0.4) is 0 Å². The van der Waals surface area contributed by atoms with Gasteiger partial charge in [-0.1, -0.05) is 156 Å². The molecule has 6 N–H and O–H groups in total. The predicted octanol–water partition coefficient (Wildman–Crippen LogP) is 10.6. The molecule has 1 aliphatic rings. The second-order valence-corrected chi connectivity index (χ2v) is 16.2. The summed E-state index contributed by atoms with van der Waals surface area (Å²) in [6.45, 7) is 18.0. The summed E-state index contributed by atoms with van der Waals surface area (Å²) < 4.78 is 0. The molecule has 300 valence electrons. The van der Waals surface area contributed by atoms with Crippen LogP contribution in [-0.4, -0.2) is 74.5 Å². The van der Waals surface area contributed by atoms with Crippen molar-refractivity contribution in [1.29, 1.82) is 0 Å². The van der Waals surface area contributed by atoms with Gasteiger partial charge in [0.2, 0.25) is 0 Å². The van der Waals surface area contributed by atoms with Gasteiger partial charge in [-0.25, -0.2) is 0 Å². The Hall–Kier alpha value is -0.240. The number of unbranched alkanes of at least 4 members (excludes halogenated alkanes) is 16. The van der Waals surface area contributed by atoms with E-state index in [-0.39, 0.29) is 0 Å². The van der Waals surface area contributed by atoms with Crippen molar-refractivity contribution in [3.8, 4) is 0 Å². The average molecular weight is 707 g/mol. The van der Waals surface area contributed by atoms with E-state index in [4.69, 9.17) is 11.5 Å². The highest BCUT2D eigenvalue weighted by Crippen LogP contribution is 2.22. The fourth-order valence-electron chi connectivity index (χ4n) is 8.50. The minimum Gasteiger partial charge on any atom is -0.330 e. The standard InChI is InChI=1S/C44H94N6/c1-5-9-11-13-15-17-19-21-23-27-41(29-25-33-45)31-35-47-43(7-3)49-37-39-50(40-38-49)44(8-4)48-36-32-42(30-26-34-46)28-24-22-20-18-16-14-12-10-6-2/h41-44,47-48H,5-40,45-46H2,1-4H3. The number of hydrogen-bond donors (Lipinski definition) is 4. The molecule has 6 nitrogen and oxygen atoms in total. The molecular weight excluding hydrogens is 613 g/mol. The molecule has 1 heterocycles. The van der Waals surface area contributed by atoms with Gasteiger partial charge in [-0.3, -0.25) is 9.80 Å². The summed E-state index contributed by atoms with van der Waals surface area (Å²) in [5.41, 5.74) is 11.9. The first-order valence-electron chi connectivity index (χ1n) is 23.0. The monoisotopic (exact) mass is 707 g/mol. The maximum atomic E-state index is 5.93. The summed E-state index contributed by atoms with van der Waals surface area (Å²) in [6, 6.07) is 0. The molecule has 4 atom stereocenters. The second kappa shape index (κ2) is 35.8. The van der Waals surface area contributed by atoms with Gasteiger partial charge in [-0.15, -0.1) is 0 Å². The van der Waals surface area contributed by atoms with E-state index in [1.807, 2.05) is 0 Å². The molecule has 1 fully saturated rings. The summed E-state index contributed by atoms with van der Waals surface area (Å²) in [5, 5.41) is 7.98. The van der Waals surface area contributed by atoms with Crippen LogP contribution in [0.5, 0.6) is 0 Å². The fraction of sp³-hybridized carbons (Fsp3) is 1.00. The van der Waals surface area contributed by atoms with Crippen molar-refractivity contribution in [3.05, 3.63) is 0 Å². The molecule has 50 heavy (non-hydrogen) atoms. The molecule has 1 aliphatic heterocycles. The largest absolute Gasteiger partial charge is 0.330 e. The Labute approximate surface area is 315 Å². The molecule has 0 aromatic carbocycles. The van der Waals surface area contributed by atoms with E-state index < -0.39 is 0 Å². The molecule has 0 radical (unpaired) electrons. The Morgan fingerprint density at radius 3 is 1.00 bits per heavy atom. The van der Waals surface area contributed by atoms with E-state index in [2.05, 4.69) is 48.1 Å². The quantitative estimate of drug-likeness (QED) is 0.0479. The van der Waals surface area contributed by atoms with E-state index in [1.165, 1.54) is 206 Å². The van der Waals surface area contributed by atoms with Crippen LogP contribution >= 0.6 is 0 Å². The normalized spacial score (nSPS) is 16.9. The van der Waals surface area contributed by atoms with E-state index in [0.717, 1.165) is 38.0 Å². The van der Waals surface area contributed by atoms with Crippen LogP contribution in [0.1, 0.15) is 207 Å². The number of piperazine rings is 1. The molecule has 1 rings (SSSR count). The molecule has 0 saturated carbocycles. The van der Waals surface area contributed by atoms with Gasteiger partial charge in [0.15, 0.2) is 0 Å². The molecule has 4 unspecified atom stereocenters. The molecule has 0 amide bonds.